The molecule has 104 valence electrons. The molecule has 0 heterocycles. The molecule has 0 amide bonds. The molecule has 0 aliphatic carbocycles. The van der Waals surface area contributed by atoms with E-state index in [-0.39, 0.29) is 17.1 Å². The number of Topliss-reactive ketones (excluding diaryl/α,β-unsaturated/α-hetero) is 1. The van der Waals surface area contributed by atoms with Gasteiger partial charge in [-0.05, 0) is 30.3 Å². The molecule has 5 heteroatoms. The molecule has 2 aromatic rings. The standard InChI is InChI=1S/C16H11NO3S/c17-9-11-3-1-4-12(7-11)15(18)10-21-14-6-2-5-13(8-14)16(19)20/h1-8H,10H2,(H,19,20). The number of carboxylic acids is 1. The molecule has 0 aromatic heterocycles. The van der Waals surface area contributed by atoms with Crippen molar-refractivity contribution >= 4 is 23.5 Å². The summed E-state index contributed by atoms with van der Waals surface area (Å²) in [4.78, 5) is 23.7. The minimum Gasteiger partial charge on any atom is -0.478 e. The number of aromatic carboxylic acids is 1. The van der Waals surface area contributed by atoms with Crippen molar-refractivity contribution < 1.29 is 14.7 Å². The highest BCUT2D eigenvalue weighted by Crippen LogP contribution is 2.20. The highest BCUT2D eigenvalue weighted by Gasteiger charge is 2.09. The van der Waals surface area contributed by atoms with Gasteiger partial charge in [0, 0.05) is 10.5 Å². The van der Waals surface area contributed by atoms with Gasteiger partial charge in [-0.2, -0.15) is 5.26 Å². The fourth-order valence-electron chi connectivity index (χ4n) is 1.71. The van der Waals surface area contributed by atoms with Crippen LogP contribution in [0.15, 0.2) is 53.4 Å². The third-order valence-electron chi connectivity index (χ3n) is 2.76. The summed E-state index contributed by atoms with van der Waals surface area (Å²) in [5.41, 5.74) is 1.12. The van der Waals surface area contributed by atoms with Gasteiger partial charge in [0.05, 0.1) is 22.9 Å². The van der Waals surface area contributed by atoms with E-state index in [1.807, 2.05) is 6.07 Å². The second kappa shape index (κ2) is 6.73. The van der Waals surface area contributed by atoms with Gasteiger partial charge < -0.3 is 5.11 Å². The molecule has 2 rings (SSSR count). The Morgan fingerprint density at radius 2 is 1.81 bits per heavy atom. The van der Waals surface area contributed by atoms with Crippen LogP contribution in [0, 0.1) is 11.3 Å². The lowest BCUT2D eigenvalue weighted by molar-refractivity contribution is 0.0696. The molecule has 0 spiro atoms. The van der Waals surface area contributed by atoms with Crippen molar-refractivity contribution in [3.05, 3.63) is 65.2 Å². The molecule has 0 fully saturated rings. The fourth-order valence-corrected chi connectivity index (χ4v) is 2.56. The van der Waals surface area contributed by atoms with Crippen molar-refractivity contribution in [1.82, 2.24) is 0 Å². The zero-order chi connectivity index (χ0) is 15.2. The van der Waals surface area contributed by atoms with Crippen molar-refractivity contribution in [2.24, 2.45) is 0 Å². The van der Waals surface area contributed by atoms with Crippen LogP contribution >= 0.6 is 11.8 Å². The highest BCUT2D eigenvalue weighted by atomic mass is 32.2. The number of nitrogens with zero attached hydrogens (tertiary/aromatic N) is 1. The van der Waals surface area contributed by atoms with Crippen molar-refractivity contribution in [1.29, 1.82) is 5.26 Å². The molecule has 0 aliphatic heterocycles. The molecule has 0 saturated carbocycles. The molecule has 4 nitrogen and oxygen atoms in total. The summed E-state index contributed by atoms with van der Waals surface area (Å²) in [6.45, 7) is 0. The summed E-state index contributed by atoms with van der Waals surface area (Å²) < 4.78 is 0. The molecule has 0 bridgehead atoms. The van der Waals surface area contributed by atoms with Gasteiger partial charge in [-0.1, -0.05) is 18.2 Å². The Morgan fingerprint density at radius 1 is 1.10 bits per heavy atom. The minimum atomic E-state index is -0.995. The summed E-state index contributed by atoms with van der Waals surface area (Å²) in [5, 5.41) is 17.7. The predicted molar refractivity (Wildman–Crippen MR) is 79.6 cm³/mol. The van der Waals surface area contributed by atoms with Crippen LogP contribution in [0.2, 0.25) is 0 Å². The average Bonchev–Trinajstić information content (AvgIpc) is 2.53. The molecule has 2 aromatic carbocycles. The van der Waals surface area contributed by atoms with E-state index >= 15 is 0 Å². The number of benzene rings is 2. The maximum Gasteiger partial charge on any atom is 0.335 e. The number of ketones is 1. The first kappa shape index (κ1) is 14.8. The van der Waals surface area contributed by atoms with Crippen LogP contribution in [0.5, 0.6) is 0 Å². The van der Waals surface area contributed by atoms with Crippen molar-refractivity contribution in [2.45, 2.75) is 4.90 Å². The van der Waals surface area contributed by atoms with E-state index in [2.05, 4.69) is 0 Å². The first-order valence-corrected chi connectivity index (χ1v) is 7.08. The Balaban J connectivity index is 2.05. The topological polar surface area (TPSA) is 78.2 Å². The highest BCUT2D eigenvalue weighted by molar-refractivity contribution is 8.00. The van der Waals surface area contributed by atoms with Gasteiger partial charge in [0.1, 0.15) is 0 Å². The average molecular weight is 297 g/mol. The van der Waals surface area contributed by atoms with Crippen LogP contribution in [0.4, 0.5) is 0 Å². The number of nitriles is 1. The fraction of sp³-hybridized carbons (Fsp3) is 0.0625. The van der Waals surface area contributed by atoms with Gasteiger partial charge in [0.2, 0.25) is 0 Å². The van der Waals surface area contributed by atoms with E-state index < -0.39 is 5.97 Å². The zero-order valence-corrected chi connectivity index (χ0v) is 11.8. The Bertz CT molecular complexity index is 734. The number of hydrogen-bond donors (Lipinski definition) is 1. The zero-order valence-electron chi connectivity index (χ0n) is 10.9. The van der Waals surface area contributed by atoms with E-state index in [9.17, 15) is 9.59 Å². The van der Waals surface area contributed by atoms with E-state index in [4.69, 9.17) is 10.4 Å². The first-order valence-electron chi connectivity index (χ1n) is 6.09. The molecule has 21 heavy (non-hydrogen) atoms. The van der Waals surface area contributed by atoms with Crippen LogP contribution < -0.4 is 0 Å². The number of carboxylic acid groups (broad SMARTS) is 1. The summed E-state index contributed by atoms with van der Waals surface area (Å²) in [5.74, 6) is -0.902. The van der Waals surface area contributed by atoms with Gasteiger partial charge >= 0.3 is 5.97 Å². The van der Waals surface area contributed by atoms with Gasteiger partial charge in [-0.15, -0.1) is 11.8 Å². The van der Waals surface area contributed by atoms with Crippen LogP contribution in [0.25, 0.3) is 0 Å². The largest absolute Gasteiger partial charge is 0.478 e. The first-order chi connectivity index (χ1) is 10.1. The number of hydrogen-bond acceptors (Lipinski definition) is 4. The van der Waals surface area contributed by atoms with Crippen LogP contribution in [-0.4, -0.2) is 22.6 Å². The number of carbonyl (C=O) groups excluding carboxylic acids is 1. The third kappa shape index (κ3) is 3.94. The third-order valence-corrected chi connectivity index (χ3v) is 3.76. The number of thioether (sulfide) groups is 1. The molecule has 0 atom stereocenters. The van der Waals surface area contributed by atoms with E-state index in [1.165, 1.54) is 23.9 Å². The van der Waals surface area contributed by atoms with E-state index in [0.29, 0.717) is 11.1 Å². The van der Waals surface area contributed by atoms with Crippen LogP contribution in [0.1, 0.15) is 26.3 Å². The Kier molecular flexibility index (Phi) is 4.75. The maximum absolute atomic E-state index is 12.1. The SMILES string of the molecule is N#Cc1cccc(C(=O)CSc2cccc(C(=O)O)c2)c1. The smallest absolute Gasteiger partial charge is 0.335 e. The molecule has 0 radical (unpaired) electrons. The predicted octanol–water partition coefficient (Wildman–Crippen LogP) is 3.23. The Morgan fingerprint density at radius 3 is 2.52 bits per heavy atom. The van der Waals surface area contributed by atoms with E-state index in [1.54, 1.807) is 36.4 Å². The number of carbonyl (C=O) groups is 2. The van der Waals surface area contributed by atoms with Gasteiger partial charge in [0.15, 0.2) is 5.78 Å². The van der Waals surface area contributed by atoms with Crippen LogP contribution in [-0.2, 0) is 0 Å². The summed E-state index contributed by atoms with van der Waals surface area (Å²) in [6.07, 6.45) is 0. The Labute approximate surface area is 126 Å². The van der Waals surface area contributed by atoms with E-state index in [0.717, 1.165) is 4.90 Å². The maximum atomic E-state index is 12.1. The lowest BCUT2D eigenvalue weighted by atomic mass is 10.1. The molecule has 0 saturated heterocycles. The normalized spacial score (nSPS) is 9.86. The monoisotopic (exact) mass is 297 g/mol. The number of rotatable bonds is 5. The second-order valence-electron chi connectivity index (χ2n) is 4.24. The lowest BCUT2D eigenvalue weighted by Crippen LogP contribution is -2.03. The van der Waals surface area contributed by atoms with Crippen molar-refractivity contribution in [3.8, 4) is 6.07 Å². The van der Waals surface area contributed by atoms with Crippen molar-refractivity contribution in [3.63, 3.8) is 0 Å². The molecular formula is C16H11NO3S. The molecule has 1 N–H and O–H groups in total. The van der Waals surface area contributed by atoms with Gasteiger partial charge in [-0.3, -0.25) is 4.79 Å². The second-order valence-corrected chi connectivity index (χ2v) is 5.29. The molecule has 0 aliphatic rings. The van der Waals surface area contributed by atoms with Crippen LogP contribution in [0.3, 0.4) is 0 Å². The Hall–Kier alpha value is -2.58. The summed E-state index contributed by atoms with van der Waals surface area (Å²) in [7, 11) is 0. The molecule has 0 unspecified atom stereocenters. The molecular weight excluding hydrogens is 286 g/mol. The van der Waals surface area contributed by atoms with Crippen molar-refractivity contribution in [2.75, 3.05) is 5.75 Å². The quantitative estimate of drug-likeness (QED) is 0.677. The minimum absolute atomic E-state index is 0.0992. The lowest BCUT2D eigenvalue weighted by Gasteiger charge is -2.03. The van der Waals surface area contributed by atoms with Gasteiger partial charge in [-0.25, -0.2) is 4.79 Å². The summed E-state index contributed by atoms with van der Waals surface area (Å²) in [6, 6.07) is 15.0. The van der Waals surface area contributed by atoms with Gasteiger partial charge in [0.25, 0.3) is 0 Å². The summed E-state index contributed by atoms with van der Waals surface area (Å²) >= 11 is 1.27.